The molecular formula is C19H21NO4. The second kappa shape index (κ2) is 8.72. The number of carbonyl (C=O) groups excluding carboxylic acids is 2. The third-order valence-electron chi connectivity index (χ3n) is 3.36. The highest BCUT2D eigenvalue weighted by atomic mass is 16.5. The minimum atomic E-state index is -0.416. The lowest BCUT2D eigenvalue weighted by Gasteiger charge is -2.09. The van der Waals surface area contributed by atoms with Gasteiger partial charge in [0.2, 0.25) is 0 Å². The van der Waals surface area contributed by atoms with Crippen LogP contribution in [0.25, 0.3) is 0 Å². The van der Waals surface area contributed by atoms with Crippen molar-refractivity contribution in [3.63, 3.8) is 0 Å². The summed E-state index contributed by atoms with van der Waals surface area (Å²) in [7, 11) is 0. The first-order chi connectivity index (χ1) is 11.6. The van der Waals surface area contributed by atoms with E-state index < -0.39 is 5.97 Å². The Balaban J connectivity index is 1.89. The maximum Gasteiger partial charge on any atom is 0.338 e. The first kappa shape index (κ1) is 17.5. The molecule has 0 fully saturated rings. The first-order valence-corrected chi connectivity index (χ1v) is 7.91. The lowest BCUT2D eigenvalue weighted by Crippen LogP contribution is -2.20. The van der Waals surface area contributed by atoms with Gasteiger partial charge in [-0.05, 0) is 49.2 Å². The molecule has 0 atom stereocenters. The van der Waals surface area contributed by atoms with Gasteiger partial charge in [-0.15, -0.1) is 0 Å². The molecule has 0 aliphatic heterocycles. The van der Waals surface area contributed by atoms with E-state index in [0.717, 1.165) is 6.42 Å². The van der Waals surface area contributed by atoms with Crippen molar-refractivity contribution >= 4 is 17.6 Å². The van der Waals surface area contributed by atoms with E-state index in [1.165, 1.54) is 5.56 Å². The number of hydrogen-bond acceptors (Lipinski definition) is 4. The highest BCUT2D eigenvalue weighted by Crippen LogP contribution is 2.14. The number of hydrogen-bond donors (Lipinski definition) is 1. The van der Waals surface area contributed by atoms with E-state index in [4.69, 9.17) is 9.47 Å². The number of ether oxygens (including phenoxy) is 2. The number of benzene rings is 2. The number of nitrogens with one attached hydrogen (secondary N) is 1. The molecule has 2 aromatic rings. The molecule has 0 saturated carbocycles. The fraction of sp³-hybridized carbons (Fsp3) is 0.263. The zero-order valence-electron chi connectivity index (χ0n) is 13.9. The van der Waals surface area contributed by atoms with E-state index in [2.05, 4.69) is 12.2 Å². The van der Waals surface area contributed by atoms with Crippen LogP contribution < -0.4 is 10.1 Å². The predicted octanol–water partition coefficient (Wildman–Crippen LogP) is 3.44. The van der Waals surface area contributed by atoms with Crippen molar-refractivity contribution in [2.24, 2.45) is 0 Å². The molecule has 0 unspecified atom stereocenters. The Morgan fingerprint density at radius 3 is 2.46 bits per heavy atom. The van der Waals surface area contributed by atoms with Gasteiger partial charge in [-0.1, -0.05) is 25.1 Å². The Kier molecular flexibility index (Phi) is 6.37. The third kappa shape index (κ3) is 5.12. The molecule has 24 heavy (non-hydrogen) atoms. The van der Waals surface area contributed by atoms with Gasteiger partial charge in [0.05, 0.1) is 12.2 Å². The minimum absolute atomic E-state index is 0.102. The van der Waals surface area contributed by atoms with Crippen molar-refractivity contribution in [3.8, 4) is 5.75 Å². The Morgan fingerprint density at radius 1 is 1.04 bits per heavy atom. The third-order valence-corrected chi connectivity index (χ3v) is 3.36. The van der Waals surface area contributed by atoms with Crippen molar-refractivity contribution in [2.45, 2.75) is 20.3 Å². The summed E-state index contributed by atoms with van der Waals surface area (Å²) < 4.78 is 10.4. The smallest absolute Gasteiger partial charge is 0.338 e. The van der Waals surface area contributed by atoms with Crippen LogP contribution in [0.3, 0.4) is 0 Å². The number of rotatable bonds is 7. The number of aryl methyl sites for hydroxylation is 1. The van der Waals surface area contributed by atoms with Gasteiger partial charge in [0.25, 0.3) is 5.91 Å². The fourth-order valence-corrected chi connectivity index (χ4v) is 2.11. The highest BCUT2D eigenvalue weighted by molar-refractivity contribution is 5.95. The summed E-state index contributed by atoms with van der Waals surface area (Å²) in [5.41, 5.74) is 2.13. The standard InChI is InChI=1S/C19H21NO4/c1-3-14-8-10-17(11-9-14)24-13-18(21)20-16-7-5-6-15(12-16)19(22)23-4-2/h5-12H,3-4,13H2,1-2H3,(H,20,21). The minimum Gasteiger partial charge on any atom is -0.484 e. The van der Waals surface area contributed by atoms with E-state index in [0.29, 0.717) is 23.6 Å². The average Bonchev–Trinajstić information content (AvgIpc) is 2.61. The Hall–Kier alpha value is -2.82. The summed E-state index contributed by atoms with van der Waals surface area (Å²) in [6, 6.07) is 14.2. The van der Waals surface area contributed by atoms with Crippen LogP contribution in [0.5, 0.6) is 5.75 Å². The molecule has 2 rings (SSSR count). The molecule has 1 N–H and O–H groups in total. The quantitative estimate of drug-likeness (QED) is 0.791. The van der Waals surface area contributed by atoms with Crippen LogP contribution in [0.15, 0.2) is 48.5 Å². The molecule has 126 valence electrons. The monoisotopic (exact) mass is 327 g/mol. The molecule has 5 nitrogen and oxygen atoms in total. The molecule has 0 radical (unpaired) electrons. The summed E-state index contributed by atoms with van der Waals surface area (Å²) >= 11 is 0. The van der Waals surface area contributed by atoms with Crippen LogP contribution in [0.1, 0.15) is 29.8 Å². The van der Waals surface area contributed by atoms with E-state index in [1.54, 1.807) is 31.2 Å². The molecule has 0 aliphatic carbocycles. The summed E-state index contributed by atoms with van der Waals surface area (Å²) in [4.78, 5) is 23.6. The summed E-state index contributed by atoms with van der Waals surface area (Å²) in [6.07, 6.45) is 0.956. The van der Waals surface area contributed by atoms with Crippen LogP contribution >= 0.6 is 0 Å². The second-order valence-corrected chi connectivity index (χ2v) is 5.14. The Morgan fingerprint density at radius 2 is 1.79 bits per heavy atom. The summed E-state index contributed by atoms with van der Waals surface area (Å²) in [6.45, 7) is 4.02. The predicted molar refractivity (Wildman–Crippen MR) is 92.3 cm³/mol. The van der Waals surface area contributed by atoms with E-state index in [-0.39, 0.29) is 12.5 Å². The molecule has 0 aromatic heterocycles. The number of anilines is 1. The number of amides is 1. The van der Waals surface area contributed by atoms with Gasteiger partial charge in [0.15, 0.2) is 6.61 Å². The highest BCUT2D eigenvalue weighted by Gasteiger charge is 2.09. The van der Waals surface area contributed by atoms with Gasteiger partial charge in [0.1, 0.15) is 5.75 Å². The largest absolute Gasteiger partial charge is 0.484 e. The van der Waals surface area contributed by atoms with E-state index >= 15 is 0 Å². The van der Waals surface area contributed by atoms with E-state index in [1.807, 2.05) is 24.3 Å². The van der Waals surface area contributed by atoms with Crippen LogP contribution in [0.4, 0.5) is 5.69 Å². The van der Waals surface area contributed by atoms with E-state index in [9.17, 15) is 9.59 Å². The maximum atomic E-state index is 12.0. The molecule has 0 aliphatic rings. The van der Waals surface area contributed by atoms with Crippen LogP contribution in [0.2, 0.25) is 0 Å². The van der Waals surface area contributed by atoms with Crippen LogP contribution in [0, 0.1) is 0 Å². The molecule has 1 amide bonds. The van der Waals surface area contributed by atoms with Crippen molar-refractivity contribution in [3.05, 3.63) is 59.7 Å². The Labute approximate surface area is 141 Å². The number of carbonyl (C=O) groups is 2. The van der Waals surface area contributed by atoms with Gasteiger partial charge >= 0.3 is 5.97 Å². The first-order valence-electron chi connectivity index (χ1n) is 7.91. The second-order valence-electron chi connectivity index (χ2n) is 5.14. The Bertz CT molecular complexity index is 695. The van der Waals surface area contributed by atoms with Crippen molar-refractivity contribution in [2.75, 3.05) is 18.5 Å². The zero-order chi connectivity index (χ0) is 17.4. The van der Waals surface area contributed by atoms with Crippen molar-refractivity contribution in [1.29, 1.82) is 0 Å². The van der Waals surface area contributed by atoms with Crippen molar-refractivity contribution in [1.82, 2.24) is 0 Å². The normalized spacial score (nSPS) is 10.1. The zero-order valence-corrected chi connectivity index (χ0v) is 13.9. The van der Waals surface area contributed by atoms with Gasteiger partial charge < -0.3 is 14.8 Å². The lowest BCUT2D eigenvalue weighted by atomic mass is 10.2. The number of esters is 1. The van der Waals surface area contributed by atoms with Crippen LogP contribution in [-0.2, 0) is 16.0 Å². The molecule has 0 saturated heterocycles. The van der Waals surface area contributed by atoms with Crippen LogP contribution in [-0.4, -0.2) is 25.1 Å². The molecular weight excluding hydrogens is 306 g/mol. The molecule has 0 bridgehead atoms. The summed E-state index contributed by atoms with van der Waals surface area (Å²) in [5, 5.41) is 2.70. The van der Waals surface area contributed by atoms with Gasteiger partial charge in [0, 0.05) is 5.69 Å². The molecule has 0 spiro atoms. The molecule has 2 aromatic carbocycles. The topological polar surface area (TPSA) is 64.6 Å². The van der Waals surface area contributed by atoms with Gasteiger partial charge in [-0.3, -0.25) is 4.79 Å². The van der Waals surface area contributed by atoms with Gasteiger partial charge in [-0.2, -0.15) is 0 Å². The molecule has 0 heterocycles. The SMILES string of the molecule is CCOC(=O)c1cccc(NC(=O)COc2ccc(CC)cc2)c1. The maximum absolute atomic E-state index is 12.0. The fourth-order valence-electron chi connectivity index (χ4n) is 2.11. The van der Waals surface area contributed by atoms with Crippen molar-refractivity contribution < 1.29 is 19.1 Å². The average molecular weight is 327 g/mol. The lowest BCUT2D eigenvalue weighted by molar-refractivity contribution is -0.118. The molecule has 5 heteroatoms. The van der Waals surface area contributed by atoms with Gasteiger partial charge in [-0.25, -0.2) is 4.79 Å². The summed E-state index contributed by atoms with van der Waals surface area (Å²) in [5.74, 6) is -0.0703.